The molecule has 11 heteroatoms. The molecule has 6 atom stereocenters. The quantitative estimate of drug-likeness (QED) is 0.144. The number of carbonyl (C=O) groups is 1. The smallest absolute Gasteiger partial charge is 0.241 e. The predicted octanol–water partition coefficient (Wildman–Crippen LogP) is 5.60. The molecule has 0 saturated carbocycles. The van der Waals surface area contributed by atoms with Crippen molar-refractivity contribution in [3.63, 3.8) is 0 Å². The Morgan fingerprint density at radius 1 is 0.906 bits per heavy atom. The number of amides is 1. The van der Waals surface area contributed by atoms with Crippen molar-refractivity contribution in [1.29, 1.82) is 0 Å². The van der Waals surface area contributed by atoms with Crippen LogP contribution in [-0.4, -0.2) is 69.3 Å². The van der Waals surface area contributed by atoms with Gasteiger partial charge in [-0.05, 0) is 67.1 Å². The van der Waals surface area contributed by atoms with Crippen LogP contribution in [0.15, 0.2) is 108 Å². The minimum absolute atomic E-state index is 0.0188. The van der Waals surface area contributed by atoms with Gasteiger partial charge in [0.25, 0.3) is 0 Å². The molecule has 6 rings (SSSR count). The number of hydrogen-bond donors (Lipinski definition) is 3. The summed E-state index contributed by atoms with van der Waals surface area (Å²) in [6.45, 7) is 6.71. The van der Waals surface area contributed by atoms with Crippen molar-refractivity contribution in [1.82, 2.24) is 14.9 Å². The highest BCUT2D eigenvalue weighted by molar-refractivity contribution is 7.89. The van der Waals surface area contributed by atoms with Crippen LogP contribution in [0.3, 0.4) is 0 Å². The second-order valence-corrected chi connectivity index (χ2v) is 15.9. The molecular weight excluding hydrogens is 691 g/mol. The Kier molecular flexibility index (Phi) is 13.1. The molecule has 0 radical (unpaired) electrons. The van der Waals surface area contributed by atoms with E-state index in [1.807, 2.05) is 85.8 Å². The summed E-state index contributed by atoms with van der Waals surface area (Å²) in [4.78, 5) is 16.2. The minimum atomic E-state index is -3.95. The third kappa shape index (κ3) is 9.98. The first-order valence-corrected chi connectivity index (χ1v) is 19.8. The van der Waals surface area contributed by atoms with Gasteiger partial charge in [0.15, 0.2) is 6.29 Å². The molecule has 282 valence electrons. The molecule has 2 aliphatic heterocycles. The molecule has 2 heterocycles. The second kappa shape index (κ2) is 17.9. The number of nitrogens with zero attached hydrogens (tertiary/aromatic N) is 1. The van der Waals surface area contributed by atoms with Gasteiger partial charge in [-0.15, -0.1) is 0 Å². The summed E-state index contributed by atoms with van der Waals surface area (Å²) in [6.07, 6.45) is 1.49. The first-order valence-electron chi connectivity index (χ1n) is 18.4. The lowest BCUT2D eigenvalue weighted by Gasteiger charge is -2.43. The molecule has 3 N–H and O–H groups in total. The number of likely N-dealkylation sites (tertiary alicyclic amines) is 1. The molecule has 1 amide bonds. The molecule has 0 unspecified atom stereocenters. The standard InChI is InChI=1S/C42H51N3O7S/c1-29-11-21-37(22-12-29)53(48,49)44-38(24-31-8-5-4-6-9-31)41(47)43-25-32-13-19-35(20-14-32)42-51-39(26-45-23-7-10-36(45)28-50-3)30(2)40(52-42)34-17-15-33(27-46)16-18-34/h4-6,8-9,11-22,30,36,38-40,42,44,46H,7,10,23-28H2,1-3H3,(H,43,47)/t30-,36+,38-,39+,40+,42+/m1/s1. The number of rotatable bonds is 15. The van der Waals surface area contributed by atoms with Gasteiger partial charge >= 0.3 is 0 Å². The average Bonchev–Trinajstić information content (AvgIpc) is 3.61. The Hall–Kier alpha value is -3.94. The summed E-state index contributed by atoms with van der Waals surface area (Å²) < 4.78 is 48.1. The maximum atomic E-state index is 13.6. The number of hydrogen-bond acceptors (Lipinski definition) is 8. The zero-order chi connectivity index (χ0) is 37.4. The van der Waals surface area contributed by atoms with Crippen LogP contribution < -0.4 is 10.0 Å². The highest BCUT2D eigenvalue weighted by Gasteiger charge is 2.40. The number of aliphatic hydroxyl groups is 1. The van der Waals surface area contributed by atoms with Crippen LogP contribution in [0.1, 0.15) is 65.5 Å². The Bertz CT molecular complexity index is 1870. The molecule has 0 aromatic heterocycles. The lowest BCUT2D eigenvalue weighted by molar-refractivity contribution is -0.276. The van der Waals surface area contributed by atoms with Gasteiger partial charge in [-0.1, -0.05) is 103 Å². The third-order valence-electron chi connectivity index (χ3n) is 10.3. The van der Waals surface area contributed by atoms with E-state index in [4.69, 9.17) is 14.2 Å². The SMILES string of the molecule is COC[C@@H]1CCCN1C[C@@H]1O[C@H](c2ccc(CNC(=O)[C@@H](Cc3ccccc3)NS(=O)(=O)c3ccc(C)cc3)cc2)O[C@H](c2ccc(CO)cc2)[C@@H]1C. The van der Waals surface area contributed by atoms with E-state index in [9.17, 15) is 18.3 Å². The molecule has 0 aliphatic carbocycles. The molecule has 4 aromatic rings. The van der Waals surface area contributed by atoms with Crippen molar-refractivity contribution in [3.8, 4) is 0 Å². The van der Waals surface area contributed by atoms with Crippen LogP contribution in [0.2, 0.25) is 0 Å². The molecule has 4 aromatic carbocycles. The van der Waals surface area contributed by atoms with Crippen molar-refractivity contribution in [2.75, 3.05) is 26.8 Å². The van der Waals surface area contributed by atoms with Crippen LogP contribution >= 0.6 is 0 Å². The topological polar surface area (TPSA) is 126 Å². The Morgan fingerprint density at radius 3 is 2.26 bits per heavy atom. The molecule has 2 aliphatic rings. The highest BCUT2D eigenvalue weighted by atomic mass is 32.2. The summed E-state index contributed by atoms with van der Waals surface area (Å²) in [5, 5.41) is 12.6. The number of sulfonamides is 1. The lowest BCUT2D eigenvalue weighted by atomic mass is 9.90. The minimum Gasteiger partial charge on any atom is -0.392 e. The van der Waals surface area contributed by atoms with E-state index in [1.165, 1.54) is 0 Å². The maximum absolute atomic E-state index is 13.6. The first-order chi connectivity index (χ1) is 25.6. The van der Waals surface area contributed by atoms with Gasteiger partial charge in [0.05, 0.1) is 30.3 Å². The molecule has 2 saturated heterocycles. The van der Waals surface area contributed by atoms with E-state index >= 15 is 0 Å². The van der Waals surface area contributed by atoms with Crippen molar-refractivity contribution in [3.05, 3.63) is 137 Å². The van der Waals surface area contributed by atoms with E-state index in [0.717, 1.165) is 59.3 Å². The summed E-state index contributed by atoms with van der Waals surface area (Å²) in [6, 6.07) is 30.9. The molecule has 0 bridgehead atoms. The van der Waals surface area contributed by atoms with Crippen molar-refractivity contribution in [2.45, 2.75) is 81.7 Å². The second-order valence-electron chi connectivity index (χ2n) is 14.2. The number of benzene rings is 4. The molecule has 2 fully saturated rings. The lowest BCUT2D eigenvalue weighted by Crippen LogP contribution is -2.47. The number of nitrogens with one attached hydrogen (secondary N) is 2. The first kappa shape index (κ1) is 38.8. The van der Waals surface area contributed by atoms with Crippen LogP contribution in [0, 0.1) is 12.8 Å². The number of ether oxygens (including phenoxy) is 3. The van der Waals surface area contributed by atoms with Crippen molar-refractivity contribution >= 4 is 15.9 Å². The van der Waals surface area contributed by atoms with Gasteiger partial charge in [-0.3, -0.25) is 9.69 Å². The Morgan fingerprint density at radius 2 is 1.58 bits per heavy atom. The van der Waals surface area contributed by atoms with Crippen molar-refractivity contribution in [2.24, 2.45) is 5.92 Å². The monoisotopic (exact) mass is 741 g/mol. The molecule has 0 spiro atoms. The largest absolute Gasteiger partial charge is 0.392 e. The normalized spacial score (nSPS) is 22.8. The third-order valence-corrected chi connectivity index (χ3v) is 11.8. The number of aliphatic hydroxyl groups excluding tert-OH is 1. The summed E-state index contributed by atoms with van der Waals surface area (Å²) in [5.41, 5.74) is 5.36. The number of carbonyl (C=O) groups excluding carboxylic acids is 1. The summed E-state index contributed by atoms with van der Waals surface area (Å²) in [5.74, 6) is -0.357. The average molecular weight is 742 g/mol. The maximum Gasteiger partial charge on any atom is 0.241 e. The van der Waals surface area contributed by atoms with E-state index in [2.05, 4.69) is 21.9 Å². The Labute approximate surface area is 313 Å². The van der Waals surface area contributed by atoms with Gasteiger partial charge < -0.3 is 24.6 Å². The fraction of sp³-hybridized carbons (Fsp3) is 0.405. The van der Waals surface area contributed by atoms with Crippen LogP contribution in [-0.2, 0) is 48.6 Å². The number of aryl methyl sites for hydroxylation is 1. The van der Waals surface area contributed by atoms with Crippen LogP contribution in [0.5, 0.6) is 0 Å². The zero-order valence-corrected chi connectivity index (χ0v) is 31.5. The van der Waals surface area contributed by atoms with Gasteiger partial charge in [-0.25, -0.2) is 8.42 Å². The summed E-state index contributed by atoms with van der Waals surface area (Å²) in [7, 11) is -2.20. The van der Waals surface area contributed by atoms with E-state index < -0.39 is 28.3 Å². The highest BCUT2D eigenvalue weighted by Crippen LogP contribution is 2.42. The zero-order valence-electron chi connectivity index (χ0n) is 30.7. The fourth-order valence-corrected chi connectivity index (χ4v) is 8.39. The van der Waals surface area contributed by atoms with Crippen molar-refractivity contribution < 1.29 is 32.5 Å². The van der Waals surface area contributed by atoms with E-state index in [-0.39, 0.29) is 42.6 Å². The van der Waals surface area contributed by atoms with Crippen LogP contribution in [0.25, 0.3) is 0 Å². The van der Waals surface area contributed by atoms with Gasteiger partial charge in [0.2, 0.25) is 15.9 Å². The molecule has 10 nitrogen and oxygen atoms in total. The molecule has 53 heavy (non-hydrogen) atoms. The Balaban J connectivity index is 1.15. The fourth-order valence-electron chi connectivity index (χ4n) is 7.19. The van der Waals surface area contributed by atoms with Gasteiger partial charge in [0, 0.05) is 37.7 Å². The van der Waals surface area contributed by atoms with Gasteiger partial charge in [-0.2, -0.15) is 4.72 Å². The van der Waals surface area contributed by atoms with E-state index in [1.54, 1.807) is 31.4 Å². The predicted molar refractivity (Wildman–Crippen MR) is 203 cm³/mol. The number of methoxy groups -OCH3 is 1. The summed E-state index contributed by atoms with van der Waals surface area (Å²) >= 11 is 0. The van der Waals surface area contributed by atoms with E-state index in [0.29, 0.717) is 12.6 Å². The van der Waals surface area contributed by atoms with Crippen LogP contribution in [0.4, 0.5) is 0 Å². The van der Waals surface area contributed by atoms with Gasteiger partial charge in [0.1, 0.15) is 6.04 Å². The molecular formula is C42H51N3O7S.